The third kappa shape index (κ3) is 5.64. The molecule has 0 unspecified atom stereocenters. The van der Waals surface area contributed by atoms with Gasteiger partial charge in [-0.3, -0.25) is 4.79 Å². The Morgan fingerprint density at radius 2 is 2.18 bits per heavy atom. The molecule has 1 aromatic carbocycles. The Morgan fingerprint density at radius 3 is 2.82 bits per heavy atom. The molecular formula is C17H22BrFN2O. The van der Waals surface area contributed by atoms with Gasteiger partial charge in [-0.15, -0.1) is 6.58 Å². The van der Waals surface area contributed by atoms with Crippen molar-refractivity contribution < 1.29 is 9.18 Å². The Balaban J connectivity index is 2.80. The summed E-state index contributed by atoms with van der Waals surface area (Å²) in [5.41, 5.74) is 1.05. The normalized spacial score (nSPS) is 11.2. The number of hydrogen-bond acceptors (Lipinski definition) is 2. The van der Waals surface area contributed by atoms with Gasteiger partial charge in [0.2, 0.25) is 0 Å². The van der Waals surface area contributed by atoms with Crippen molar-refractivity contribution in [3.63, 3.8) is 0 Å². The summed E-state index contributed by atoms with van der Waals surface area (Å²) < 4.78 is 14.1. The molecule has 0 heterocycles. The summed E-state index contributed by atoms with van der Waals surface area (Å²) in [7, 11) is 3.45. The smallest absolute Gasteiger partial charge is 0.269 e. The third-order valence-corrected chi connectivity index (χ3v) is 3.98. The lowest BCUT2D eigenvalue weighted by Crippen LogP contribution is -2.33. The second-order valence-electron chi connectivity index (χ2n) is 4.99. The highest BCUT2D eigenvalue weighted by Gasteiger charge is 2.14. The molecule has 0 aliphatic rings. The molecule has 3 nitrogen and oxygen atoms in total. The van der Waals surface area contributed by atoms with Crippen molar-refractivity contribution in [3.05, 3.63) is 52.4 Å². The van der Waals surface area contributed by atoms with Crippen LogP contribution in [-0.2, 0) is 4.79 Å². The fourth-order valence-electron chi connectivity index (χ4n) is 1.97. The van der Waals surface area contributed by atoms with Crippen LogP contribution in [0.5, 0.6) is 0 Å². The van der Waals surface area contributed by atoms with Gasteiger partial charge in [-0.2, -0.15) is 0 Å². The van der Waals surface area contributed by atoms with Crippen molar-refractivity contribution in [3.8, 4) is 0 Å². The van der Waals surface area contributed by atoms with Crippen molar-refractivity contribution in [2.75, 3.05) is 20.6 Å². The number of likely N-dealkylation sites (N-methyl/N-ethyl adjacent to an activating group) is 2. The lowest BCUT2D eigenvalue weighted by molar-refractivity contribution is -0.126. The average Bonchev–Trinajstić information content (AvgIpc) is 2.51. The van der Waals surface area contributed by atoms with E-state index in [1.54, 1.807) is 31.1 Å². The summed E-state index contributed by atoms with van der Waals surface area (Å²) in [5.74, 6) is -0.451. The first-order valence-corrected chi connectivity index (χ1v) is 7.99. The molecule has 0 aliphatic carbocycles. The molecular weight excluding hydrogens is 347 g/mol. The first-order chi connectivity index (χ1) is 10.5. The molecule has 0 bridgehead atoms. The van der Waals surface area contributed by atoms with Crippen LogP contribution in [0.1, 0.15) is 24.8 Å². The molecule has 22 heavy (non-hydrogen) atoms. The average molecular weight is 369 g/mol. The molecule has 0 saturated carbocycles. The van der Waals surface area contributed by atoms with E-state index in [1.165, 1.54) is 12.1 Å². The van der Waals surface area contributed by atoms with Gasteiger partial charge in [0.25, 0.3) is 5.91 Å². The Hall–Kier alpha value is -1.62. The second kappa shape index (κ2) is 9.41. The van der Waals surface area contributed by atoms with Crippen LogP contribution in [0.15, 0.2) is 41.0 Å². The fraction of sp³-hybridized carbons (Fsp3) is 0.353. The van der Waals surface area contributed by atoms with Crippen molar-refractivity contribution >= 4 is 27.9 Å². The Labute approximate surface area is 140 Å². The quantitative estimate of drug-likeness (QED) is 0.427. The van der Waals surface area contributed by atoms with Crippen LogP contribution < -0.4 is 5.32 Å². The van der Waals surface area contributed by atoms with E-state index in [1.807, 2.05) is 6.08 Å². The monoisotopic (exact) mass is 368 g/mol. The van der Waals surface area contributed by atoms with E-state index in [2.05, 4.69) is 27.8 Å². The molecule has 0 spiro atoms. The first kappa shape index (κ1) is 18.4. The number of nitrogens with one attached hydrogen (secondary N) is 1. The SMILES string of the molecule is C=CCCCCN(C)C(=O)C(=Cc1cc(F)ccc1Br)NC. The summed E-state index contributed by atoms with van der Waals surface area (Å²) in [6, 6.07) is 4.38. The van der Waals surface area contributed by atoms with Gasteiger partial charge in [0.15, 0.2) is 0 Å². The molecule has 0 fully saturated rings. The van der Waals surface area contributed by atoms with Gasteiger partial charge in [0.05, 0.1) is 0 Å². The minimum absolute atomic E-state index is 0.114. The molecule has 120 valence electrons. The Kier molecular flexibility index (Phi) is 7.88. The highest BCUT2D eigenvalue weighted by molar-refractivity contribution is 9.10. The van der Waals surface area contributed by atoms with Gasteiger partial charge in [-0.1, -0.05) is 22.0 Å². The Morgan fingerprint density at radius 1 is 1.45 bits per heavy atom. The maximum atomic E-state index is 13.3. The van der Waals surface area contributed by atoms with E-state index in [4.69, 9.17) is 0 Å². The highest BCUT2D eigenvalue weighted by Crippen LogP contribution is 2.20. The predicted molar refractivity (Wildman–Crippen MR) is 92.8 cm³/mol. The molecule has 1 amide bonds. The summed E-state index contributed by atoms with van der Waals surface area (Å²) in [5, 5.41) is 2.89. The highest BCUT2D eigenvalue weighted by atomic mass is 79.9. The summed E-state index contributed by atoms with van der Waals surface area (Å²) in [6.45, 7) is 4.36. The minimum Gasteiger partial charge on any atom is -0.384 e. The molecule has 0 radical (unpaired) electrons. The van der Waals surface area contributed by atoms with Crippen molar-refractivity contribution in [1.29, 1.82) is 0 Å². The third-order valence-electron chi connectivity index (χ3n) is 3.26. The standard InChI is InChI=1S/C17H22BrFN2O/c1-4-5-6-7-10-21(3)17(22)16(20-2)12-13-11-14(19)8-9-15(13)18/h4,8-9,11-12,20H,1,5-7,10H2,2-3H3. The molecule has 0 aliphatic heterocycles. The number of nitrogens with zero attached hydrogens (tertiary/aromatic N) is 1. The van der Waals surface area contributed by atoms with Crippen molar-refractivity contribution in [2.24, 2.45) is 0 Å². The number of benzene rings is 1. The second-order valence-corrected chi connectivity index (χ2v) is 5.84. The number of hydrogen-bond donors (Lipinski definition) is 1. The number of halogens is 2. The number of carbonyl (C=O) groups is 1. The summed E-state index contributed by atoms with van der Waals surface area (Å²) in [4.78, 5) is 14.1. The topological polar surface area (TPSA) is 32.3 Å². The van der Waals surface area contributed by atoms with Crippen LogP contribution >= 0.6 is 15.9 Å². The number of rotatable bonds is 8. The van der Waals surface area contributed by atoms with Crippen molar-refractivity contribution in [2.45, 2.75) is 19.3 Å². The largest absolute Gasteiger partial charge is 0.384 e. The Bertz CT molecular complexity index is 558. The van der Waals surface area contributed by atoms with Gasteiger partial charge in [0, 0.05) is 25.1 Å². The summed E-state index contributed by atoms with van der Waals surface area (Å²) >= 11 is 3.36. The van der Waals surface area contributed by atoms with Gasteiger partial charge < -0.3 is 10.2 Å². The van der Waals surface area contributed by atoms with Gasteiger partial charge in [0.1, 0.15) is 11.5 Å². The molecule has 0 saturated heterocycles. The van der Waals surface area contributed by atoms with E-state index in [9.17, 15) is 9.18 Å². The van der Waals surface area contributed by atoms with Gasteiger partial charge >= 0.3 is 0 Å². The van der Waals surface area contributed by atoms with Gasteiger partial charge in [-0.25, -0.2) is 4.39 Å². The van der Waals surface area contributed by atoms with Crippen LogP contribution in [0.4, 0.5) is 4.39 Å². The van der Waals surface area contributed by atoms with E-state index in [0.717, 1.165) is 23.7 Å². The maximum absolute atomic E-state index is 13.3. The number of carbonyl (C=O) groups excluding carboxylic acids is 1. The van der Waals surface area contributed by atoms with Crippen molar-refractivity contribution in [1.82, 2.24) is 10.2 Å². The minimum atomic E-state index is -0.338. The van der Waals surface area contributed by atoms with Crippen LogP contribution in [0.25, 0.3) is 6.08 Å². The predicted octanol–water partition coefficient (Wildman–Crippen LogP) is 3.96. The zero-order valence-corrected chi connectivity index (χ0v) is 14.6. The molecule has 0 atom stereocenters. The van der Waals surface area contributed by atoms with E-state index in [-0.39, 0.29) is 11.7 Å². The number of amides is 1. The van der Waals surface area contributed by atoms with E-state index >= 15 is 0 Å². The zero-order chi connectivity index (χ0) is 16.5. The van der Waals surface area contributed by atoms with E-state index in [0.29, 0.717) is 17.8 Å². The number of unbranched alkanes of at least 4 members (excludes halogenated alkanes) is 2. The lowest BCUT2D eigenvalue weighted by atomic mass is 10.1. The van der Waals surface area contributed by atoms with Crippen LogP contribution in [-0.4, -0.2) is 31.4 Å². The molecule has 1 N–H and O–H groups in total. The first-order valence-electron chi connectivity index (χ1n) is 7.20. The van der Waals surface area contributed by atoms with E-state index < -0.39 is 0 Å². The maximum Gasteiger partial charge on any atom is 0.269 e. The molecule has 1 aromatic rings. The van der Waals surface area contributed by atoms with Crippen LogP contribution in [0.2, 0.25) is 0 Å². The summed E-state index contributed by atoms with van der Waals surface area (Å²) in [6.07, 6.45) is 6.41. The van der Waals surface area contributed by atoms with Crippen LogP contribution in [0.3, 0.4) is 0 Å². The van der Waals surface area contributed by atoms with Crippen LogP contribution in [0, 0.1) is 5.82 Å². The lowest BCUT2D eigenvalue weighted by Gasteiger charge is -2.19. The molecule has 5 heteroatoms. The fourth-order valence-corrected chi connectivity index (χ4v) is 2.33. The molecule has 1 rings (SSSR count). The van der Waals surface area contributed by atoms with Gasteiger partial charge in [-0.05, 0) is 49.1 Å². The molecule has 0 aromatic heterocycles. The zero-order valence-electron chi connectivity index (χ0n) is 13.0. The number of allylic oxidation sites excluding steroid dienone is 1.